The van der Waals surface area contributed by atoms with Gasteiger partial charge in [0.2, 0.25) is 10.0 Å². The summed E-state index contributed by atoms with van der Waals surface area (Å²) in [6.07, 6.45) is 0. The maximum atomic E-state index is 11.9. The van der Waals surface area contributed by atoms with Gasteiger partial charge in [0.05, 0.1) is 17.1 Å². The fourth-order valence-corrected chi connectivity index (χ4v) is 3.30. The van der Waals surface area contributed by atoms with Gasteiger partial charge in [0.25, 0.3) is 0 Å². The highest BCUT2D eigenvalue weighted by Gasteiger charge is 2.18. The molecule has 0 saturated carbocycles. The molecular formula is C10H12BrNO5S. The summed E-state index contributed by atoms with van der Waals surface area (Å²) in [5.41, 5.74) is 0.0118. The Labute approximate surface area is 113 Å². The molecule has 1 aromatic rings. The quantitative estimate of drug-likeness (QED) is 0.757. The van der Waals surface area contributed by atoms with Crippen LogP contribution in [0.5, 0.6) is 0 Å². The predicted molar refractivity (Wildman–Crippen MR) is 68.2 cm³/mol. The van der Waals surface area contributed by atoms with E-state index in [0.717, 1.165) is 0 Å². The highest BCUT2D eigenvalue weighted by Crippen LogP contribution is 2.23. The molecule has 0 spiro atoms. The molecule has 100 valence electrons. The third kappa shape index (κ3) is 3.77. The number of sulfonamides is 1. The summed E-state index contributed by atoms with van der Waals surface area (Å²) in [7, 11) is -2.21. The lowest BCUT2D eigenvalue weighted by atomic mass is 10.2. The lowest BCUT2D eigenvalue weighted by Gasteiger charge is -2.08. The minimum absolute atomic E-state index is 0.0106. The Morgan fingerprint density at radius 3 is 2.67 bits per heavy atom. The summed E-state index contributed by atoms with van der Waals surface area (Å²) in [6.45, 7) is 0.399. The van der Waals surface area contributed by atoms with E-state index < -0.39 is 16.0 Å². The number of rotatable bonds is 6. The average molecular weight is 338 g/mol. The van der Waals surface area contributed by atoms with E-state index >= 15 is 0 Å². The van der Waals surface area contributed by atoms with Crippen molar-refractivity contribution in [2.24, 2.45) is 0 Å². The number of halogens is 1. The fraction of sp³-hybridized carbons (Fsp3) is 0.300. The summed E-state index contributed by atoms with van der Waals surface area (Å²) in [6, 6.07) is 3.72. The highest BCUT2D eigenvalue weighted by atomic mass is 79.9. The first-order chi connectivity index (χ1) is 8.38. The summed E-state index contributed by atoms with van der Waals surface area (Å²) in [4.78, 5) is 10.7. The number of nitrogens with one attached hydrogen (secondary N) is 1. The van der Waals surface area contributed by atoms with Gasteiger partial charge in [-0.3, -0.25) is 0 Å². The number of methoxy groups -OCH3 is 1. The molecule has 0 unspecified atom stereocenters. The molecule has 0 atom stereocenters. The van der Waals surface area contributed by atoms with E-state index in [9.17, 15) is 13.2 Å². The number of carbonyl (C=O) groups is 1. The van der Waals surface area contributed by atoms with Gasteiger partial charge in [0.15, 0.2) is 0 Å². The van der Waals surface area contributed by atoms with Crippen LogP contribution in [0.25, 0.3) is 0 Å². The molecule has 6 nitrogen and oxygen atoms in total. The predicted octanol–water partition coefficient (Wildman–Crippen LogP) is 1.07. The van der Waals surface area contributed by atoms with Crippen LogP contribution in [0.4, 0.5) is 0 Å². The van der Waals surface area contributed by atoms with Gasteiger partial charge in [-0.1, -0.05) is 0 Å². The van der Waals surface area contributed by atoms with Gasteiger partial charge in [0.1, 0.15) is 0 Å². The van der Waals surface area contributed by atoms with E-state index in [4.69, 9.17) is 9.84 Å². The third-order valence-electron chi connectivity index (χ3n) is 2.07. The maximum Gasteiger partial charge on any atom is 0.335 e. The molecule has 1 aromatic carbocycles. The average Bonchev–Trinajstić information content (AvgIpc) is 2.28. The van der Waals surface area contributed by atoms with Crippen LogP contribution in [0.3, 0.4) is 0 Å². The van der Waals surface area contributed by atoms with Crippen molar-refractivity contribution in [3.05, 3.63) is 28.2 Å². The Morgan fingerprint density at radius 2 is 2.17 bits per heavy atom. The molecule has 0 aliphatic carbocycles. The van der Waals surface area contributed by atoms with Crippen molar-refractivity contribution in [2.75, 3.05) is 20.3 Å². The normalized spacial score (nSPS) is 11.4. The zero-order valence-corrected chi connectivity index (χ0v) is 11.9. The van der Waals surface area contributed by atoms with Crippen LogP contribution >= 0.6 is 15.9 Å². The van der Waals surface area contributed by atoms with Gasteiger partial charge in [0, 0.05) is 18.1 Å². The summed E-state index contributed by atoms with van der Waals surface area (Å²) >= 11 is 3.05. The molecule has 0 aliphatic rings. The lowest BCUT2D eigenvalue weighted by Crippen LogP contribution is -2.27. The van der Waals surface area contributed by atoms with E-state index in [1.165, 1.54) is 25.3 Å². The fourth-order valence-electron chi connectivity index (χ4n) is 1.21. The molecule has 0 amide bonds. The Bertz CT molecular complexity index is 543. The van der Waals surface area contributed by atoms with Crippen molar-refractivity contribution in [1.29, 1.82) is 0 Å². The number of aromatic carboxylic acids is 1. The van der Waals surface area contributed by atoms with Crippen molar-refractivity contribution in [3.8, 4) is 0 Å². The molecule has 0 heterocycles. The molecule has 1 rings (SSSR count). The lowest BCUT2D eigenvalue weighted by molar-refractivity contribution is 0.0696. The Morgan fingerprint density at radius 1 is 1.50 bits per heavy atom. The topological polar surface area (TPSA) is 92.7 Å². The van der Waals surface area contributed by atoms with Crippen LogP contribution in [0.1, 0.15) is 10.4 Å². The smallest absolute Gasteiger partial charge is 0.335 e. The van der Waals surface area contributed by atoms with Gasteiger partial charge in [-0.05, 0) is 34.1 Å². The third-order valence-corrected chi connectivity index (χ3v) is 4.50. The van der Waals surface area contributed by atoms with Crippen LogP contribution < -0.4 is 4.72 Å². The number of ether oxygens (including phenoxy) is 1. The SMILES string of the molecule is COCCNS(=O)(=O)c1ccc(C(=O)O)cc1Br. The first-order valence-corrected chi connectivity index (χ1v) is 7.17. The van der Waals surface area contributed by atoms with Crippen LogP contribution in [-0.4, -0.2) is 39.8 Å². The summed E-state index contributed by atoms with van der Waals surface area (Å²) in [5, 5.41) is 8.77. The largest absolute Gasteiger partial charge is 0.478 e. The van der Waals surface area contributed by atoms with Crippen molar-refractivity contribution in [3.63, 3.8) is 0 Å². The number of hydrogen-bond acceptors (Lipinski definition) is 4. The van der Waals surface area contributed by atoms with Gasteiger partial charge in [-0.15, -0.1) is 0 Å². The second kappa shape index (κ2) is 6.28. The van der Waals surface area contributed by atoms with Crippen molar-refractivity contribution in [1.82, 2.24) is 4.72 Å². The standard InChI is InChI=1S/C10H12BrNO5S/c1-17-5-4-12-18(15,16)9-3-2-7(10(13)14)6-8(9)11/h2-3,6,12H,4-5H2,1H3,(H,13,14). The van der Waals surface area contributed by atoms with Crippen LogP contribution in [-0.2, 0) is 14.8 Å². The highest BCUT2D eigenvalue weighted by molar-refractivity contribution is 9.10. The molecular weight excluding hydrogens is 326 g/mol. The Kier molecular flexibility index (Phi) is 5.27. The summed E-state index contributed by atoms with van der Waals surface area (Å²) < 4.78 is 31.0. The van der Waals surface area contributed by atoms with E-state index in [2.05, 4.69) is 20.7 Å². The first kappa shape index (κ1) is 15.1. The summed E-state index contributed by atoms with van der Waals surface area (Å²) in [5.74, 6) is -1.12. The molecule has 0 bridgehead atoms. The number of benzene rings is 1. The maximum absolute atomic E-state index is 11.9. The van der Waals surface area contributed by atoms with Crippen LogP contribution in [0, 0.1) is 0 Å². The number of hydrogen-bond donors (Lipinski definition) is 2. The van der Waals surface area contributed by atoms with E-state index in [1.807, 2.05) is 0 Å². The molecule has 0 aliphatic heterocycles. The second-order valence-electron chi connectivity index (χ2n) is 3.34. The number of carboxylic acid groups (broad SMARTS) is 1. The minimum Gasteiger partial charge on any atom is -0.478 e. The molecule has 0 fully saturated rings. The molecule has 2 N–H and O–H groups in total. The molecule has 0 saturated heterocycles. The second-order valence-corrected chi connectivity index (χ2v) is 5.93. The molecule has 0 aromatic heterocycles. The zero-order valence-electron chi connectivity index (χ0n) is 9.51. The first-order valence-electron chi connectivity index (χ1n) is 4.90. The van der Waals surface area contributed by atoms with E-state index in [0.29, 0.717) is 0 Å². The van der Waals surface area contributed by atoms with Crippen LogP contribution in [0.2, 0.25) is 0 Å². The van der Waals surface area contributed by atoms with Gasteiger partial charge < -0.3 is 9.84 Å². The van der Waals surface area contributed by atoms with E-state index in [1.54, 1.807) is 0 Å². The molecule has 18 heavy (non-hydrogen) atoms. The minimum atomic E-state index is -3.68. The van der Waals surface area contributed by atoms with Crippen molar-refractivity contribution >= 4 is 31.9 Å². The van der Waals surface area contributed by atoms with E-state index in [-0.39, 0.29) is 28.1 Å². The molecule has 8 heteroatoms. The van der Waals surface area contributed by atoms with Gasteiger partial charge in [-0.25, -0.2) is 17.9 Å². The van der Waals surface area contributed by atoms with Crippen molar-refractivity contribution < 1.29 is 23.1 Å². The van der Waals surface area contributed by atoms with Crippen molar-refractivity contribution in [2.45, 2.75) is 4.90 Å². The Hall–Kier alpha value is -0.960. The zero-order chi connectivity index (χ0) is 13.8. The van der Waals surface area contributed by atoms with Crippen LogP contribution in [0.15, 0.2) is 27.6 Å². The Balaban J connectivity index is 2.99. The van der Waals surface area contributed by atoms with Gasteiger partial charge >= 0.3 is 5.97 Å². The number of carboxylic acids is 1. The van der Waals surface area contributed by atoms with Gasteiger partial charge in [-0.2, -0.15) is 0 Å². The monoisotopic (exact) mass is 337 g/mol. The molecule has 0 radical (unpaired) electrons.